The number of halogens is 2. The van der Waals surface area contributed by atoms with Crippen LogP contribution in [-0.2, 0) is 6.54 Å². The van der Waals surface area contributed by atoms with Gasteiger partial charge in [-0.2, -0.15) is 5.10 Å². The van der Waals surface area contributed by atoms with Gasteiger partial charge in [0, 0.05) is 11.6 Å². The van der Waals surface area contributed by atoms with Crippen molar-refractivity contribution >= 4 is 23.2 Å². The Labute approximate surface area is 123 Å². The van der Waals surface area contributed by atoms with E-state index in [1.165, 1.54) is 0 Å². The van der Waals surface area contributed by atoms with Crippen molar-refractivity contribution in [1.82, 2.24) is 15.1 Å². The standard InChI is InChI=1S/C14H17Cl2N3/c1-4-19-14(11(15)8-18-19)13(17-3)10-7-5-6-9(2)12(10)16/h5-8,13,17H,4H2,1-3H3. The third kappa shape index (κ3) is 2.64. The first kappa shape index (κ1) is 14.4. The van der Waals surface area contributed by atoms with Crippen LogP contribution in [0, 0.1) is 6.92 Å². The van der Waals surface area contributed by atoms with Crippen LogP contribution < -0.4 is 5.32 Å². The van der Waals surface area contributed by atoms with Crippen LogP contribution in [-0.4, -0.2) is 16.8 Å². The molecule has 19 heavy (non-hydrogen) atoms. The molecule has 0 aliphatic heterocycles. The summed E-state index contributed by atoms with van der Waals surface area (Å²) in [5, 5.41) is 8.97. The van der Waals surface area contributed by atoms with Gasteiger partial charge in [-0.25, -0.2) is 0 Å². The van der Waals surface area contributed by atoms with E-state index in [-0.39, 0.29) is 6.04 Å². The van der Waals surface area contributed by atoms with Crippen molar-refractivity contribution in [3.8, 4) is 0 Å². The molecule has 0 amide bonds. The zero-order valence-electron chi connectivity index (χ0n) is 11.2. The number of nitrogens with zero attached hydrogens (tertiary/aromatic N) is 2. The number of aryl methyl sites for hydroxylation is 2. The van der Waals surface area contributed by atoms with Gasteiger partial charge >= 0.3 is 0 Å². The molecule has 2 aromatic rings. The first-order valence-electron chi connectivity index (χ1n) is 6.23. The van der Waals surface area contributed by atoms with E-state index in [0.29, 0.717) is 5.02 Å². The summed E-state index contributed by atoms with van der Waals surface area (Å²) >= 11 is 12.7. The molecule has 1 aromatic carbocycles. The molecule has 3 nitrogen and oxygen atoms in total. The molecule has 0 aliphatic rings. The second-order valence-corrected chi connectivity index (χ2v) is 5.18. The Morgan fingerprint density at radius 2 is 2.11 bits per heavy atom. The van der Waals surface area contributed by atoms with Crippen molar-refractivity contribution in [3.05, 3.63) is 51.3 Å². The summed E-state index contributed by atoms with van der Waals surface area (Å²) in [5.41, 5.74) is 3.01. The van der Waals surface area contributed by atoms with Crippen LogP contribution in [0.5, 0.6) is 0 Å². The zero-order valence-corrected chi connectivity index (χ0v) is 12.8. The van der Waals surface area contributed by atoms with Crippen molar-refractivity contribution in [2.75, 3.05) is 7.05 Å². The molecule has 1 unspecified atom stereocenters. The fourth-order valence-electron chi connectivity index (χ4n) is 2.24. The summed E-state index contributed by atoms with van der Waals surface area (Å²) in [6.45, 7) is 4.80. The molecular formula is C14H17Cl2N3. The molecule has 0 bridgehead atoms. The van der Waals surface area contributed by atoms with Gasteiger partial charge in [-0.3, -0.25) is 4.68 Å². The van der Waals surface area contributed by atoms with E-state index < -0.39 is 0 Å². The topological polar surface area (TPSA) is 29.9 Å². The van der Waals surface area contributed by atoms with E-state index in [9.17, 15) is 0 Å². The maximum absolute atomic E-state index is 6.42. The molecule has 2 rings (SSSR count). The Bertz CT molecular complexity index is 578. The fourth-order valence-corrected chi connectivity index (χ4v) is 2.73. The highest BCUT2D eigenvalue weighted by atomic mass is 35.5. The Morgan fingerprint density at radius 1 is 1.37 bits per heavy atom. The highest BCUT2D eigenvalue weighted by Gasteiger charge is 2.22. The summed E-state index contributed by atoms with van der Waals surface area (Å²) < 4.78 is 1.89. The van der Waals surface area contributed by atoms with Gasteiger partial charge in [-0.05, 0) is 32.0 Å². The van der Waals surface area contributed by atoms with Crippen molar-refractivity contribution in [2.24, 2.45) is 0 Å². The molecular weight excluding hydrogens is 281 g/mol. The van der Waals surface area contributed by atoms with Gasteiger partial charge < -0.3 is 5.32 Å². The second-order valence-electron chi connectivity index (χ2n) is 4.39. The first-order valence-corrected chi connectivity index (χ1v) is 6.99. The molecule has 0 aliphatic carbocycles. The maximum Gasteiger partial charge on any atom is 0.0837 e. The normalized spacial score (nSPS) is 12.7. The molecule has 0 radical (unpaired) electrons. The summed E-state index contributed by atoms with van der Waals surface area (Å²) in [6.07, 6.45) is 1.68. The summed E-state index contributed by atoms with van der Waals surface area (Å²) in [5.74, 6) is 0. The van der Waals surface area contributed by atoms with Crippen LogP contribution in [0.15, 0.2) is 24.4 Å². The van der Waals surface area contributed by atoms with Gasteiger partial charge in [0.1, 0.15) is 0 Å². The average molecular weight is 298 g/mol. The maximum atomic E-state index is 6.42. The highest BCUT2D eigenvalue weighted by molar-refractivity contribution is 6.32. The number of benzene rings is 1. The van der Waals surface area contributed by atoms with Crippen molar-refractivity contribution < 1.29 is 0 Å². The number of nitrogens with one attached hydrogen (secondary N) is 1. The van der Waals surface area contributed by atoms with E-state index >= 15 is 0 Å². The van der Waals surface area contributed by atoms with Crippen molar-refractivity contribution in [1.29, 1.82) is 0 Å². The lowest BCUT2D eigenvalue weighted by Gasteiger charge is -2.20. The van der Waals surface area contributed by atoms with Gasteiger partial charge in [-0.1, -0.05) is 41.4 Å². The third-order valence-corrected chi connectivity index (χ3v) is 4.04. The Morgan fingerprint density at radius 3 is 2.74 bits per heavy atom. The van der Waals surface area contributed by atoms with Crippen LogP contribution >= 0.6 is 23.2 Å². The van der Waals surface area contributed by atoms with Crippen LogP contribution in [0.1, 0.15) is 29.8 Å². The van der Waals surface area contributed by atoms with E-state index in [4.69, 9.17) is 23.2 Å². The number of rotatable bonds is 4. The summed E-state index contributed by atoms with van der Waals surface area (Å²) in [7, 11) is 1.90. The number of hydrogen-bond donors (Lipinski definition) is 1. The zero-order chi connectivity index (χ0) is 14.0. The van der Waals surface area contributed by atoms with E-state index in [2.05, 4.69) is 10.4 Å². The minimum absolute atomic E-state index is 0.0673. The van der Waals surface area contributed by atoms with Gasteiger partial charge in [0.05, 0.1) is 23.0 Å². The number of aromatic nitrogens is 2. The van der Waals surface area contributed by atoms with Crippen molar-refractivity contribution in [2.45, 2.75) is 26.4 Å². The second kappa shape index (κ2) is 5.95. The Hall–Kier alpha value is -1.03. The SMILES string of the molecule is CCn1ncc(Cl)c1C(NC)c1cccc(C)c1Cl. The summed E-state index contributed by atoms with van der Waals surface area (Å²) in [6, 6.07) is 5.95. The van der Waals surface area contributed by atoms with Gasteiger partial charge in [0.25, 0.3) is 0 Å². The minimum Gasteiger partial charge on any atom is -0.308 e. The summed E-state index contributed by atoms with van der Waals surface area (Å²) in [4.78, 5) is 0. The van der Waals surface area contributed by atoms with E-state index in [1.807, 2.05) is 43.8 Å². The molecule has 0 saturated heterocycles. The Kier molecular flexibility index (Phi) is 4.50. The van der Waals surface area contributed by atoms with Crippen LogP contribution in [0.4, 0.5) is 0 Å². The predicted molar refractivity (Wildman–Crippen MR) is 80.0 cm³/mol. The fraction of sp³-hybridized carbons (Fsp3) is 0.357. The lowest BCUT2D eigenvalue weighted by Crippen LogP contribution is -2.22. The van der Waals surface area contributed by atoms with Crippen LogP contribution in [0.25, 0.3) is 0 Å². The lowest BCUT2D eigenvalue weighted by atomic mass is 10.0. The molecule has 5 heteroatoms. The van der Waals surface area contributed by atoms with Crippen LogP contribution in [0.3, 0.4) is 0 Å². The Balaban J connectivity index is 2.56. The van der Waals surface area contributed by atoms with Gasteiger partial charge in [0.2, 0.25) is 0 Å². The largest absolute Gasteiger partial charge is 0.308 e. The van der Waals surface area contributed by atoms with Gasteiger partial charge in [0.15, 0.2) is 0 Å². The monoisotopic (exact) mass is 297 g/mol. The number of hydrogen-bond acceptors (Lipinski definition) is 2. The quantitative estimate of drug-likeness (QED) is 0.929. The van der Waals surface area contributed by atoms with Crippen molar-refractivity contribution in [3.63, 3.8) is 0 Å². The van der Waals surface area contributed by atoms with E-state index in [1.54, 1.807) is 6.20 Å². The molecule has 1 heterocycles. The molecule has 102 valence electrons. The van der Waals surface area contributed by atoms with E-state index in [0.717, 1.165) is 28.4 Å². The van der Waals surface area contributed by atoms with Crippen LogP contribution in [0.2, 0.25) is 10.0 Å². The van der Waals surface area contributed by atoms with Gasteiger partial charge in [-0.15, -0.1) is 0 Å². The smallest absolute Gasteiger partial charge is 0.0837 e. The molecule has 0 fully saturated rings. The average Bonchev–Trinajstić information content (AvgIpc) is 2.77. The highest BCUT2D eigenvalue weighted by Crippen LogP contribution is 2.33. The third-order valence-electron chi connectivity index (χ3n) is 3.23. The lowest BCUT2D eigenvalue weighted by molar-refractivity contribution is 0.563. The molecule has 1 N–H and O–H groups in total. The predicted octanol–water partition coefficient (Wildman–Crippen LogP) is 3.83. The first-order chi connectivity index (χ1) is 9.10. The molecule has 1 aromatic heterocycles. The molecule has 0 spiro atoms. The minimum atomic E-state index is -0.0673. The molecule has 0 saturated carbocycles. The molecule has 1 atom stereocenters.